The van der Waals surface area contributed by atoms with E-state index in [1.807, 2.05) is 0 Å². The van der Waals surface area contributed by atoms with Crippen LogP contribution in [0.3, 0.4) is 0 Å². The summed E-state index contributed by atoms with van der Waals surface area (Å²) in [6.45, 7) is 1.43. The molecular formula is C15H11F2NO2. The van der Waals surface area contributed by atoms with E-state index in [4.69, 9.17) is 0 Å². The van der Waals surface area contributed by atoms with Gasteiger partial charge in [-0.2, -0.15) is 0 Å². The van der Waals surface area contributed by atoms with Gasteiger partial charge in [-0.1, -0.05) is 0 Å². The molecule has 0 bridgehead atoms. The largest absolute Gasteiger partial charge is 0.322 e. The second-order valence-corrected chi connectivity index (χ2v) is 4.21. The predicted molar refractivity (Wildman–Crippen MR) is 70.8 cm³/mol. The number of nitrogens with one attached hydrogen (secondary N) is 1. The zero-order valence-corrected chi connectivity index (χ0v) is 10.6. The topological polar surface area (TPSA) is 46.2 Å². The lowest BCUT2D eigenvalue weighted by Gasteiger charge is -2.06. The predicted octanol–water partition coefficient (Wildman–Crippen LogP) is 3.42. The van der Waals surface area contributed by atoms with E-state index >= 15 is 0 Å². The van der Waals surface area contributed by atoms with E-state index in [-0.39, 0.29) is 11.3 Å². The average molecular weight is 275 g/mol. The fraction of sp³-hybridized carbons (Fsp3) is 0.0667. The molecule has 0 aliphatic rings. The van der Waals surface area contributed by atoms with E-state index in [9.17, 15) is 18.4 Å². The van der Waals surface area contributed by atoms with Gasteiger partial charge in [0.25, 0.3) is 5.91 Å². The van der Waals surface area contributed by atoms with Gasteiger partial charge in [0.2, 0.25) is 0 Å². The molecule has 0 fully saturated rings. The Morgan fingerprint density at radius 3 is 2.25 bits per heavy atom. The van der Waals surface area contributed by atoms with Gasteiger partial charge >= 0.3 is 0 Å². The van der Waals surface area contributed by atoms with Gasteiger partial charge in [-0.05, 0) is 49.4 Å². The quantitative estimate of drug-likeness (QED) is 0.872. The highest BCUT2D eigenvalue weighted by Gasteiger charge is 2.13. The monoisotopic (exact) mass is 275 g/mol. The van der Waals surface area contributed by atoms with Gasteiger partial charge in [0.15, 0.2) is 5.78 Å². The molecule has 0 aromatic heterocycles. The van der Waals surface area contributed by atoms with E-state index in [0.717, 1.165) is 18.2 Å². The summed E-state index contributed by atoms with van der Waals surface area (Å²) in [5.41, 5.74) is 0.518. The molecule has 102 valence electrons. The van der Waals surface area contributed by atoms with Gasteiger partial charge in [0, 0.05) is 11.3 Å². The molecule has 3 nitrogen and oxygen atoms in total. The zero-order chi connectivity index (χ0) is 14.7. The first-order chi connectivity index (χ1) is 9.47. The van der Waals surface area contributed by atoms with Crippen molar-refractivity contribution < 1.29 is 18.4 Å². The molecular weight excluding hydrogens is 264 g/mol. The molecule has 1 amide bonds. The van der Waals surface area contributed by atoms with Crippen molar-refractivity contribution in [3.63, 3.8) is 0 Å². The van der Waals surface area contributed by atoms with E-state index in [0.29, 0.717) is 11.3 Å². The Hall–Kier alpha value is -2.56. The third kappa shape index (κ3) is 3.06. The smallest absolute Gasteiger partial charge is 0.258 e. The van der Waals surface area contributed by atoms with Crippen LogP contribution in [0.5, 0.6) is 0 Å². The molecule has 0 saturated carbocycles. The number of benzene rings is 2. The molecule has 1 N–H and O–H groups in total. The van der Waals surface area contributed by atoms with Crippen molar-refractivity contribution in [1.29, 1.82) is 0 Å². The summed E-state index contributed by atoms with van der Waals surface area (Å²) in [5, 5.41) is 2.44. The van der Waals surface area contributed by atoms with E-state index in [2.05, 4.69) is 5.32 Å². The summed E-state index contributed by atoms with van der Waals surface area (Å²) in [5.74, 6) is -2.34. The Balaban J connectivity index is 2.19. The Bertz CT molecular complexity index is 666. The molecule has 0 aliphatic carbocycles. The number of hydrogen-bond donors (Lipinski definition) is 1. The first kappa shape index (κ1) is 13.9. The maximum Gasteiger partial charge on any atom is 0.258 e. The lowest BCUT2D eigenvalue weighted by atomic mass is 10.1. The number of Topliss-reactive ketones (excluding diaryl/α,β-unsaturated/α-hetero) is 1. The number of anilines is 1. The Morgan fingerprint density at radius 2 is 1.65 bits per heavy atom. The Kier molecular flexibility index (Phi) is 3.89. The molecule has 0 unspecified atom stereocenters. The maximum atomic E-state index is 13.4. The zero-order valence-electron chi connectivity index (χ0n) is 10.6. The standard InChI is InChI=1S/C15H11F2NO2/c1-9(19)10-2-5-12(6-3-10)18-15(20)13-8-11(16)4-7-14(13)17/h2-8H,1H3,(H,18,20). The van der Waals surface area contributed by atoms with Crippen molar-refractivity contribution in [2.24, 2.45) is 0 Å². The van der Waals surface area contributed by atoms with Gasteiger partial charge < -0.3 is 5.32 Å². The SMILES string of the molecule is CC(=O)c1ccc(NC(=O)c2cc(F)ccc2F)cc1. The Morgan fingerprint density at radius 1 is 1.00 bits per heavy atom. The van der Waals surface area contributed by atoms with Crippen LogP contribution in [-0.2, 0) is 0 Å². The van der Waals surface area contributed by atoms with Crippen LogP contribution in [0.25, 0.3) is 0 Å². The van der Waals surface area contributed by atoms with Crippen LogP contribution >= 0.6 is 0 Å². The summed E-state index contributed by atoms with van der Waals surface area (Å²) in [6, 6.07) is 8.78. The Labute approximate surface area is 114 Å². The van der Waals surface area contributed by atoms with Crippen molar-refractivity contribution in [3.8, 4) is 0 Å². The lowest BCUT2D eigenvalue weighted by molar-refractivity contribution is 0.101. The second kappa shape index (κ2) is 5.61. The van der Waals surface area contributed by atoms with Crippen LogP contribution < -0.4 is 5.32 Å². The number of rotatable bonds is 3. The minimum Gasteiger partial charge on any atom is -0.322 e. The fourth-order valence-electron chi connectivity index (χ4n) is 1.66. The molecule has 0 aliphatic heterocycles. The first-order valence-corrected chi connectivity index (χ1v) is 5.85. The molecule has 0 radical (unpaired) electrons. The second-order valence-electron chi connectivity index (χ2n) is 4.21. The van der Waals surface area contributed by atoms with Gasteiger partial charge in [-0.25, -0.2) is 8.78 Å². The molecule has 2 rings (SSSR count). The van der Waals surface area contributed by atoms with Crippen LogP contribution in [0, 0.1) is 11.6 Å². The molecule has 0 spiro atoms. The summed E-state index contributed by atoms with van der Waals surface area (Å²) in [6.07, 6.45) is 0. The summed E-state index contributed by atoms with van der Waals surface area (Å²) < 4.78 is 26.4. The first-order valence-electron chi connectivity index (χ1n) is 5.85. The fourth-order valence-corrected chi connectivity index (χ4v) is 1.66. The molecule has 0 atom stereocenters. The lowest BCUT2D eigenvalue weighted by Crippen LogP contribution is -2.14. The number of hydrogen-bond acceptors (Lipinski definition) is 2. The van der Waals surface area contributed by atoms with E-state index in [1.165, 1.54) is 19.1 Å². The van der Waals surface area contributed by atoms with E-state index in [1.54, 1.807) is 12.1 Å². The van der Waals surface area contributed by atoms with Crippen LogP contribution in [0.15, 0.2) is 42.5 Å². The summed E-state index contributed by atoms with van der Waals surface area (Å²) in [4.78, 5) is 22.9. The molecule has 20 heavy (non-hydrogen) atoms. The maximum absolute atomic E-state index is 13.4. The third-order valence-electron chi connectivity index (χ3n) is 2.72. The van der Waals surface area contributed by atoms with Crippen LogP contribution in [0.1, 0.15) is 27.6 Å². The molecule has 5 heteroatoms. The number of halogens is 2. The minimum absolute atomic E-state index is 0.0981. The van der Waals surface area contributed by atoms with Crippen LogP contribution in [-0.4, -0.2) is 11.7 Å². The summed E-state index contributed by atoms with van der Waals surface area (Å²) in [7, 11) is 0. The summed E-state index contributed by atoms with van der Waals surface area (Å²) >= 11 is 0. The molecule has 2 aromatic carbocycles. The normalized spacial score (nSPS) is 10.2. The van der Waals surface area contributed by atoms with Crippen molar-refractivity contribution in [3.05, 3.63) is 65.2 Å². The van der Waals surface area contributed by atoms with Gasteiger partial charge in [-0.15, -0.1) is 0 Å². The highest BCUT2D eigenvalue weighted by atomic mass is 19.1. The molecule has 0 heterocycles. The van der Waals surface area contributed by atoms with Crippen LogP contribution in [0.2, 0.25) is 0 Å². The van der Waals surface area contributed by atoms with Crippen molar-refractivity contribution >= 4 is 17.4 Å². The molecule has 0 saturated heterocycles. The third-order valence-corrected chi connectivity index (χ3v) is 2.72. The van der Waals surface area contributed by atoms with Crippen LogP contribution in [0.4, 0.5) is 14.5 Å². The van der Waals surface area contributed by atoms with Crippen molar-refractivity contribution in [1.82, 2.24) is 0 Å². The number of ketones is 1. The highest BCUT2D eigenvalue weighted by molar-refractivity contribution is 6.04. The highest BCUT2D eigenvalue weighted by Crippen LogP contribution is 2.14. The van der Waals surface area contributed by atoms with E-state index < -0.39 is 17.5 Å². The average Bonchev–Trinajstić information content (AvgIpc) is 2.42. The van der Waals surface area contributed by atoms with Crippen molar-refractivity contribution in [2.45, 2.75) is 6.92 Å². The number of carbonyl (C=O) groups is 2. The molecule has 2 aromatic rings. The van der Waals surface area contributed by atoms with Gasteiger partial charge in [-0.3, -0.25) is 9.59 Å². The number of amides is 1. The van der Waals surface area contributed by atoms with Gasteiger partial charge in [0.05, 0.1) is 5.56 Å². The van der Waals surface area contributed by atoms with Gasteiger partial charge in [0.1, 0.15) is 11.6 Å². The van der Waals surface area contributed by atoms with Crippen molar-refractivity contribution in [2.75, 3.05) is 5.32 Å². The minimum atomic E-state index is -0.802. The number of carbonyl (C=O) groups excluding carboxylic acids is 2.